The molecule has 1 aromatic rings. The van der Waals surface area contributed by atoms with Crippen LogP contribution in [0.5, 0.6) is 0 Å². The summed E-state index contributed by atoms with van der Waals surface area (Å²) < 4.78 is 0. The maximum Gasteiger partial charge on any atom is 0.308 e. The Kier molecular flexibility index (Phi) is 3.69. The molecule has 1 aliphatic heterocycles. The monoisotopic (exact) mass is 291 g/mol. The van der Waals surface area contributed by atoms with E-state index in [-0.39, 0.29) is 11.8 Å². The Bertz CT molecular complexity index is 550. The fourth-order valence-electron chi connectivity index (χ4n) is 3.19. The number of carboxylic acids is 1. The van der Waals surface area contributed by atoms with Crippen molar-refractivity contribution in [2.24, 2.45) is 11.8 Å². The van der Waals surface area contributed by atoms with Crippen LogP contribution < -0.4 is 0 Å². The topological polar surface area (TPSA) is 86.3 Å². The van der Waals surface area contributed by atoms with Gasteiger partial charge in [-0.25, -0.2) is 0 Å². The van der Waals surface area contributed by atoms with E-state index in [9.17, 15) is 14.7 Å². The number of hydrogen-bond acceptors (Lipinski definition) is 3. The predicted octanol–water partition coefficient (Wildman–Crippen LogP) is 1.86. The average molecular weight is 291 g/mol. The van der Waals surface area contributed by atoms with Crippen LogP contribution in [-0.4, -0.2) is 45.2 Å². The van der Waals surface area contributed by atoms with E-state index in [4.69, 9.17) is 0 Å². The molecule has 1 saturated carbocycles. The summed E-state index contributed by atoms with van der Waals surface area (Å²) in [5.41, 5.74) is 1.44. The average Bonchev–Trinajstić information content (AvgIpc) is 3.03. The molecule has 1 saturated heterocycles. The number of carboxylic acid groups (broad SMARTS) is 1. The van der Waals surface area contributed by atoms with Crippen LogP contribution in [0.1, 0.15) is 54.7 Å². The summed E-state index contributed by atoms with van der Waals surface area (Å²) in [6, 6.07) is 1.82. The van der Waals surface area contributed by atoms with E-state index < -0.39 is 11.9 Å². The molecule has 0 aromatic carbocycles. The lowest BCUT2D eigenvalue weighted by molar-refractivity contribution is -0.142. The van der Waals surface area contributed by atoms with E-state index in [0.29, 0.717) is 24.7 Å². The number of hydrogen-bond donors (Lipinski definition) is 2. The van der Waals surface area contributed by atoms with Crippen molar-refractivity contribution in [3.05, 3.63) is 17.5 Å². The maximum atomic E-state index is 12.5. The van der Waals surface area contributed by atoms with E-state index in [2.05, 4.69) is 10.2 Å². The van der Waals surface area contributed by atoms with Crippen molar-refractivity contribution in [2.75, 3.05) is 13.1 Å². The lowest BCUT2D eigenvalue weighted by atomic mass is 9.92. The van der Waals surface area contributed by atoms with Gasteiger partial charge in [-0.2, -0.15) is 5.10 Å². The SMILES string of the molecule is CCC[C@@H]1CN(C(=O)c2cc(C3CC3)[nH]n2)C[C@H]1C(=O)O. The standard InChI is InChI=1S/C15H21N3O3/c1-2-3-10-7-18(8-11(10)15(20)21)14(19)13-6-12(16-17-13)9-4-5-9/h6,9-11H,2-5,7-8H2,1H3,(H,16,17)(H,20,21)/t10-,11-/m1/s1. The summed E-state index contributed by atoms with van der Waals surface area (Å²) in [5.74, 6) is -0.821. The number of H-pyrrole nitrogens is 1. The zero-order valence-electron chi connectivity index (χ0n) is 12.2. The minimum atomic E-state index is -0.801. The van der Waals surface area contributed by atoms with Crippen molar-refractivity contribution >= 4 is 11.9 Å². The molecule has 2 aliphatic rings. The van der Waals surface area contributed by atoms with Gasteiger partial charge in [0.2, 0.25) is 0 Å². The number of carbonyl (C=O) groups is 2. The highest BCUT2D eigenvalue weighted by molar-refractivity contribution is 5.93. The Labute approximate surface area is 123 Å². The Balaban J connectivity index is 1.70. The van der Waals surface area contributed by atoms with E-state index >= 15 is 0 Å². The highest BCUT2D eigenvalue weighted by Crippen LogP contribution is 2.39. The van der Waals surface area contributed by atoms with Crippen LogP contribution in [0.2, 0.25) is 0 Å². The highest BCUT2D eigenvalue weighted by atomic mass is 16.4. The van der Waals surface area contributed by atoms with Gasteiger partial charge < -0.3 is 10.0 Å². The molecule has 6 heteroatoms. The number of aliphatic carboxylic acids is 1. The first kappa shape index (κ1) is 14.1. The lowest BCUT2D eigenvalue weighted by Gasteiger charge is -2.14. The molecule has 0 spiro atoms. The molecule has 1 amide bonds. The molecule has 2 fully saturated rings. The fourth-order valence-corrected chi connectivity index (χ4v) is 3.19. The largest absolute Gasteiger partial charge is 0.481 e. The molecule has 0 radical (unpaired) electrons. The molecule has 0 unspecified atom stereocenters. The molecule has 1 aromatic heterocycles. The van der Waals surface area contributed by atoms with Crippen LogP contribution in [-0.2, 0) is 4.79 Å². The number of nitrogens with one attached hydrogen (secondary N) is 1. The minimum Gasteiger partial charge on any atom is -0.481 e. The summed E-state index contributed by atoms with van der Waals surface area (Å²) in [4.78, 5) is 25.4. The molecule has 1 aliphatic carbocycles. The minimum absolute atomic E-state index is 0.0540. The number of amides is 1. The molecule has 3 rings (SSSR count). The number of aromatic amines is 1. The molecule has 2 atom stereocenters. The van der Waals surface area contributed by atoms with Crippen molar-refractivity contribution in [1.29, 1.82) is 0 Å². The Morgan fingerprint density at radius 3 is 2.81 bits per heavy atom. The zero-order chi connectivity index (χ0) is 15.0. The highest BCUT2D eigenvalue weighted by Gasteiger charge is 2.40. The van der Waals surface area contributed by atoms with Crippen LogP contribution in [0.25, 0.3) is 0 Å². The summed E-state index contributed by atoms with van der Waals surface area (Å²) in [5, 5.41) is 16.3. The Morgan fingerprint density at radius 1 is 1.43 bits per heavy atom. The molecular formula is C15H21N3O3. The van der Waals surface area contributed by atoms with Crippen molar-refractivity contribution in [2.45, 2.75) is 38.5 Å². The molecule has 114 valence electrons. The second-order valence-electron chi connectivity index (χ2n) is 6.19. The number of carbonyl (C=O) groups excluding carboxylic acids is 1. The molecule has 0 bridgehead atoms. The van der Waals surface area contributed by atoms with Gasteiger partial charge >= 0.3 is 5.97 Å². The van der Waals surface area contributed by atoms with Crippen LogP contribution in [0, 0.1) is 11.8 Å². The third kappa shape index (κ3) is 2.80. The first-order chi connectivity index (χ1) is 10.1. The van der Waals surface area contributed by atoms with E-state index in [1.54, 1.807) is 4.90 Å². The lowest BCUT2D eigenvalue weighted by Crippen LogP contribution is -2.30. The number of aromatic nitrogens is 2. The molecule has 2 heterocycles. The third-order valence-electron chi connectivity index (χ3n) is 4.54. The maximum absolute atomic E-state index is 12.5. The number of likely N-dealkylation sites (tertiary alicyclic amines) is 1. The van der Waals surface area contributed by atoms with Crippen LogP contribution >= 0.6 is 0 Å². The smallest absolute Gasteiger partial charge is 0.308 e. The predicted molar refractivity (Wildman–Crippen MR) is 76.0 cm³/mol. The zero-order valence-corrected chi connectivity index (χ0v) is 12.2. The van der Waals surface area contributed by atoms with Crippen molar-refractivity contribution < 1.29 is 14.7 Å². The van der Waals surface area contributed by atoms with E-state index in [1.807, 2.05) is 13.0 Å². The molecule has 21 heavy (non-hydrogen) atoms. The second kappa shape index (κ2) is 5.50. The number of nitrogens with zero attached hydrogens (tertiary/aromatic N) is 2. The molecular weight excluding hydrogens is 270 g/mol. The summed E-state index contributed by atoms with van der Waals surface area (Å²) in [6.07, 6.45) is 4.08. The first-order valence-corrected chi connectivity index (χ1v) is 7.67. The molecule has 6 nitrogen and oxygen atoms in total. The quantitative estimate of drug-likeness (QED) is 0.867. The summed E-state index contributed by atoms with van der Waals surface area (Å²) in [6.45, 7) is 2.86. The van der Waals surface area contributed by atoms with Gasteiger partial charge in [-0.1, -0.05) is 13.3 Å². The Morgan fingerprint density at radius 2 is 2.19 bits per heavy atom. The van der Waals surface area contributed by atoms with E-state index in [1.165, 1.54) is 0 Å². The van der Waals surface area contributed by atoms with Crippen molar-refractivity contribution in [3.8, 4) is 0 Å². The fraction of sp³-hybridized carbons (Fsp3) is 0.667. The molecule has 2 N–H and O–H groups in total. The Hall–Kier alpha value is -1.85. The van der Waals surface area contributed by atoms with Gasteiger partial charge in [0.05, 0.1) is 5.92 Å². The van der Waals surface area contributed by atoms with Gasteiger partial charge in [0.15, 0.2) is 0 Å². The van der Waals surface area contributed by atoms with Crippen LogP contribution in [0.15, 0.2) is 6.07 Å². The second-order valence-corrected chi connectivity index (χ2v) is 6.19. The van der Waals surface area contributed by atoms with Gasteiger partial charge in [0.25, 0.3) is 5.91 Å². The van der Waals surface area contributed by atoms with Crippen molar-refractivity contribution in [1.82, 2.24) is 15.1 Å². The van der Waals surface area contributed by atoms with Crippen molar-refractivity contribution in [3.63, 3.8) is 0 Å². The van der Waals surface area contributed by atoms with Gasteiger partial charge in [-0.15, -0.1) is 0 Å². The normalized spacial score (nSPS) is 25.3. The van der Waals surface area contributed by atoms with Gasteiger partial charge in [-0.05, 0) is 31.2 Å². The van der Waals surface area contributed by atoms with Gasteiger partial charge in [-0.3, -0.25) is 14.7 Å². The van der Waals surface area contributed by atoms with E-state index in [0.717, 1.165) is 31.4 Å². The summed E-state index contributed by atoms with van der Waals surface area (Å²) >= 11 is 0. The van der Waals surface area contributed by atoms with Crippen LogP contribution in [0.4, 0.5) is 0 Å². The third-order valence-corrected chi connectivity index (χ3v) is 4.54. The first-order valence-electron chi connectivity index (χ1n) is 7.67. The summed E-state index contributed by atoms with van der Waals surface area (Å²) in [7, 11) is 0. The van der Waals surface area contributed by atoms with Gasteiger partial charge in [0, 0.05) is 24.7 Å². The van der Waals surface area contributed by atoms with Crippen LogP contribution in [0.3, 0.4) is 0 Å². The number of rotatable bonds is 5. The van der Waals surface area contributed by atoms with Gasteiger partial charge in [0.1, 0.15) is 5.69 Å².